The number of aliphatic imine (C=N–C) groups is 1. The highest BCUT2D eigenvalue weighted by molar-refractivity contribution is 7.80. The first-order chi connectivity index (χ1) is 19.6. The molecule has 3 aromatic rings. The zero-order valence-electron chi connectivity index (χ0n) is 27.6. The van der Waals surface area contributed by atoms with E-state index in [0.29, 0.717) is 0 Å². The third-order valence-electron chi connectivity index (χ3n) is 7.14. The molecule has 5 nitrogen and oxygen atoms in total. The summed E-state index contributed by atoms with van der Waals surface area (Å²) in [6.07, 6.45) is 0. The average Bonchev–Trinajstić information content (AvgIpc) is 2.98. The summed E-state index contributed by atoms with van der Waals surface area (Å²) in [5, 5.41) is 3.52. The number of fused-ring (bicyclic) bond motifs is 3. The number of methoxy groups -OCH3 is 2. The Bertz CT molecular complexity index is 1470. The molecular weight excluding hydrogens is 541 g/mol. The lowest BCUT2D eigenvalue weighted by atomic mass is 9.84. The standard InChI is InChI=1S/C36H48NO4P/c1-23-17-26(34(2,3)4)32(40-21-38-11)29(18-23)42-28-16-14-13-15-25(28)31(37-36(8,9)10)24-19-27(35(5,6)7)33(30(42)20-24)41-22-39-12/h13-20H,21-22H2,1-12H3/b37-31+. The van der Waals surface area contributed by atoms with Crippen LogP contribution in [0.4, 0.5) is 0 Å². The third kappa shape index (κ3) is 6.75. The van der Waals surface area contributed by atoms with Gasteiger partial charge in [0.15, 0.2) is 13.6 Å². The van der Waals surface area contributed by atoms with Crippen LogP contribution in [0, 0.1) is 6.92 Å². The molecule has 6 heteroatoms. The molecule has 0 amide bonds. The molecule has 1 aliphatic heterocycles. The van der Waals surface area contributed by atoms with Crippen LogP contribution in [-0.2, 0) is 20.3 Å². The molecule has 42 heavy (non-hydrogen) atoms. The SMILES string of the molecule is COCOc1c(P2c3ccccc3/C(=N/C(C)(C)C)c3cc2c(OCOC)c(C(C)(C)C)c3)cc(C)cc1C(C)(C)C. The van der Waals surface area contributed by atoms with Crippen molar-refractivity contribution in [2.24, 2.45) is 4.99 Å². The number of rotatable bonds is 7. The zero-order chi connectivity index (χ0) is 31.0. The van der Waals surface area contributed by atoms with E-state index in [1.54, 1.807) is 14.2 Å². The number of nitrogens with zero attached hydrogens (tertiary/aromatic N) is 1. The Balaban J connectivity index is 2.23. The van der Waals surface area contributed by atoms with Gasteiger partial charge in [-0.1, -0.05) is 71.9 Å². The first-order valence-corrected chi connectivity index (χ1v) is 16.0. The highest BCUT2D eigenvalue weighted by atomic mass is 31.1. The van der Waals surface area contributed by atoms with Gasteiger partial charge in [-0.3, -0.25) is 4.99 Å². The molecule has 1 heterocycles. The van der Waals surface area contributed by atoms with E-state index in [4.69, 9.17) is 23.9 Å². The quantitative estimate of drug-likeness (QED) is 0.168. The Morgan fingerprint density at radius 1 is 0.667 bits per heavy atom. The molecule has 0 fully saturated rings. The van der Waals surface area contributed by atoms with Crippen molar-refractivity contribution in [2.45, 2.75) is 85.6 Å². The van der Waals surface area contributed by atoms with Crippen LogP contribution in [0.25, 0.3) is 0 Å². The van der Waals surface area contributed by atoms with Crippen molar-refractivity contribution in [3.63, 3.8) is 0 Å². The zero-order valence-corrected chi connectivity index (χ0v) is 28.5. The van der Waals surface area contributed by atoms with Crippen LogP contribution < -0.4 is 25.4 Å². The van der Waals surface area contributed by atoms with Crippen LogP contribution in [0.3, 0.4) is 0 Å². The molecule has 2 bridgehead atoms. The predicted molar refractivity (Wildman–Crippen MR) is 178 cm³/mol. The average molecular weight is 590 g/mol. The van der Waals surface area contributed by atoms with E-state index in [9.17, 15) is 0 Å². The smallest absolute Gasteiger partial charge is 0.188 e. The van der Waals surface area contributed by atoms with E-state index in [1.807, 2.05) is 0 Å². The Morgan fingerprint density at radius 2 is 1.19 bits per heavy atom. The molecule has 0 aromatic heterocycles. The van der Waals surface area contributed by atoms with Crippen LogP contribution in [0.2, 0.25) is 0 Å². The molecular formula is C36H48NO4P. The largest absolute Gasteiger partial charge is 0.467 e. The maximum absolute atomic E-state index is 6.52. The van der Waals surface area contributed by atoms with Crippen molar-refractivity contribution in [2.75, 3.05) is 27.8 Å². The summed E-state index contributed by atoms with van der Waals surface area (Å²) >= 11 is 0. The van der Waals surface area contributed by atoms with Gasteiger partial charge in [-0.2, -0.15) is 0 Å². The van der Waals surface area contributed by atoms with Crippen molar-refractivity contribution in [3.05, 3.63) is 76.3 Å². The fraction of sp³-hybridized carbons (Fsp3) is 0.472. The van der Waals surface area contributed by atoms with Gasteiger partial charge in [-0.25, -0.2) is 0 Å². The summed E-state index contributed by atoms with van der Waals surface area (Å²) in [4.78, 5) is 5.34. The summed E-state index contributed by atoms with van der Waals surface area (Å²) in [6.45, 7) is 22.4. The van der Waals surface area contributed by atoms with Crippen LogP contribution in [0.5, 0.6) is 11.5 Å². The molecule has 3 aromatic carbocycles. The first-order valence-electron chi connectivity index (χ1n) is 14.6. The van der Waals surface area contributed by atoms with E-state index < -0.39 is 7.92 Å². The van der Waals surface area contributed by atoms with Crippen molar-refractivity contribution in [1.29, 1.82) is 0 Å². The van der Waals surface area contributed by atoms with Crippen molar-refractivity contribution >= 4 is 29.5 Å². The van der Waals surface area contributed by atoms with Gasteiger partial charge in [0.05, 0.1) is 11.3 Å². The topological polar surface area (TPSA) is 49.3 Å². The lowest BCUT2D eigenvalue weighted by Gasteiger charge is -2.31. The maximum atomic E-state index is 6.52. The second-order valence-electron chi connectivity index (χ2n) is 14.1. The number of aryl methyl sites for hydroxylation is 1. The Morgan fingerprint density at radius 3 is 1.71 bits per heavy atom. The first kappa shape index (κ1) is 32.2. The van der Waals surface area contributed by atoms with Crippen molar-refractivity contribution < 1.29 is 18.9 Å². The molecule has 1 aliphatic rings. The van der Waals surface area contributed by atoms with E-state index in [-0.39, 0.29) is 30.0 Å². The summed E-state index contributed by atoms with van der Waals surface area (Å²) in [5.74, 6) is 1.76. The Kier molecular flexibility index (Phi) is 9.28. The summed E-state index contributed by atoms with van der Waals surface area (Å²) in [5.41, 5.74) is 6.16. The van der Waals surface area contributed by atoms with Gasteiger partial charge >= 0.3 is 0 Å². The Labute approximate surface area is 254 Å². The van der Waals surface area contributed by atoms with E-state index in [2.05, 4.69) is 118 Å². The minimum Gasteiger partial charge on any atom is -0.467 e. The highest BCUT2D eigenvalue weighted by Crippen LogP contribution is 2.48. The van der Waals surface area contributed by atoms with E-state index in [1.165, 1.54) is 10.9 Å². The molecule has 4 rings (SSSR count). The van der Waals surface area contributed by atoms with E-state index in [0.717, 1.165) is 50.1 Å². The van der Waals surface area contributed by atoms with Crippen LogP contribution >= 0.6 is 7.92 Å². The molecule has 226 valence electrons. The normalized spacial score (nSPS) is 16.3. The van der Waals surface area contributed by atoms with Gasteiger partial charge in [0, 0.05) is 47.1 Å². The number of hydrogen-bond donors (Lipinski definition) is 0. The van der Waals surface area contributed by atoms with Crippen LogP contribution in [0.1, 0.15) is 90.1 Å². The predicted octanol–water partition coefficient (Wildman–Crippen LogP) is 7.26. The lowest BCUT2D eigenvalue weighted by molar-refractivity contribution is 0.0506. The van der Waals surface area contributed by atoms with Crippen LogP contribution in [0.15, 0.2) is 53.5 Å². The van der Waals surface area contributed by atoms with Gasteiger partial charge in [-0.05, 0) is 75.5 Å². The minimum atomic E-state index is -1.14. The van der Waals surface area contributed by atoms with Gasteiger partial charge in [0.25, 0.3) is 0 Å². The van der Waals surface area contributed by atoms with Crippen molar-refractivity contribution in [3.8, 4) is 11.5 Å². The summed E-state index contributed by atoms with van der Waals surface area (Å²) in [7, 11) is 2.19. The minimum absolute atomic E-state index is 0.142. The molecule has 0 N–H and O–H groups in total. The molecule has 0 radical (unpaired) electrons. The highest BCUT2D eigenvalue weighted by Gasteiger charge is 2.36. The monoisotopic (exact) mass is 589 g/mol. The molecule has 0 aliphatic carbocycles. The summed E-state index contributed by atoms with van der Waals surface area (Å²) < 4.78 is 24.0. The van der Waals surface area contributed by atoms with Gasteiger partial charge in [0.2, 0.25) is 0 Å². The molecule has 1 unspecified atom stereocenters. The third-order valence-corrected chi connectivity index (χ3v) is 9.64. The lowest BCUT2D eigenvalue weighted by Crippen LogP contribution is -2.29. The second kappa shape index (κ2) is 12.1. The van der Waals surface area contributed by atoms with Gasteiger partial charge in [-0.15, -0.1) is 0 Å². The Hall–Kier alpha value is -2.72. The number of ether oxygens (including phenoxy) is 4. The molecule has 0 saturated carbocycles. The van der Waals surface area contributed by atoms with Crippen molar-refractivity contribution in [1.82, 2.24) is 0 Å². The number of benzene rings is 3. The van der Waals surface area contributed by atoms with Crippen LogP contribution in [-0.4, -0.2) is 39.1 Å². The van der Waals surface area contributed by atoms with Gasteiger partial charge < -0.3 is 18.9 Å². The van der Waals surface area contributed by atoms with Gasteiger partial charge in [0.1, 0.15) is 11.5 Å². The number of hydrogen-bond acceptors (Lipinski definition) is 5. The fourth-order valence-corrected chi connectivity index (χ4v) is 8.18. The maximum Gasteiger partial charge on any atom is 0.188 e. The second-order valence-corrected chi connectivity index (χ2v) is 16.2. The van der Waals surface area contributed by atoms with E-state index >= 15 is 0 Å². The molecule has 1 atom stereocenters. The fourth-order valence-electron chi connectivity index (χ4n) is 5.36. The molecule has 0 saturated heterocycles. The summed E-state index contributed by atoms with van der Waals surface area (Å²) in [6, 6.07) is 17.8. The molecule has 0 spiro atoms.